The van der Waals surface area contributed by atoms with Crippen molar-refractivity contribution in [3.05, 3.63) is 52.6 Å². The lowest BCUT2D eigenvalue weighted by Crippen LogP contribution is -2.05. The standard InChI is InChI=1S/C13H12ClFN2O/c1-2-17-8-9(7-16-17)5-13(18)11-4-3-10(14)6-12(11)15/h3-4,6-8H,2,5H2,1H3. The maximum atomic E-state index is 13.5. The smallest absolute Gasteiger partial charge is 0.170 e. The number of carbonyl (C=O) groups excluding carboxylic acids is 1. The van der Waals surface area contributed by atoms with Crippen molar-refractivity contribution in [3.63, 3.8) is 0 Å². The number of hydrogen-bond donors (Lipinski definition) is 0. The first-order chi connectivity index (χ1) is 8.60. The number of ketones is 1. The van der Waals surface area contributed by atoms with Crippen molar-refractivity contribution in [1.82, 2.24) is 9.78 Å². The Morgan fingerprint density at radius 3 is 2.89 bits per heavy atom. The van der Waals surface area contributed by atoms with Crippen LogP contribution >= 0.6 is 11.6 Å². The van der Waals surface area contributed by atoms with E-state index in [2.05, 4.69) is 5.10 Å². The summed E-state index contributed by atoms with van der Waals surface area (Å²) in [5.74, 6) is -0.866. The molecular formula is C13H12ClFN2O. The number of Topliss-reactive ketones (excluding diaryl/α,β-unsaturated/α-hetero) is 1. The molecule has 0 fully saturated rings. The van der Waals surface area contributed by atoms with Crippen molar-refractivity contribution in [2.45, 2.75) is 19.9 Å². The average Bonchev–Trinajstić information content (AvgIpc) is 2.76. The summed E-state index contributed by atoms with van der Waals surface area (Å²) in [6, 6.07) is 4.06. The van der Waals surface area contributed by atoms with E-state index in [1.165, 1.54) is 12.1 Å². The first-order valence-corrected chi connectivity index (χ1v) is 5.97. The molecule has 0 aliphatic carbocycles. The van der Waals surface area contributed by atoms with Crippen LogP contribution in [0.3, 0.4) is 0 Å². The minimum atomic E-state index is -0.588. The molecule has 0 saturated heterocycles. The predicted molar refractivity (Wildman–Crippen MR) is 67.3 cm³/mol. The molecule has 5 heteroatoms. The Kier molecular flexibility index (Phi) is 3.77. The molecule has 2 aromatic rings. The lowest BCUT2D eigenvalue weighted by molar-refractivity contribution is 0.0989. The molecule has 0 amide bonds. The molecule has 0 atom stereocenters. The van der Waals surface area contributed by atoms with Crippen LogP contribution < -0.4 is 0 Å². The number of hydrogen-bond acceptors (Lipinski definition) is 2. The molecule has 3 nitrogen and oxygen atoms in total. The van der Waals surface area contributed by atoms with E-state index in [-0.39, 0.29) is 22.8 Å². The van der Waals surface area contributed by atoms with Gasteiger partial charge in [0.2, 0.25) is 0 Å². The molecule has 0 spiro atoms. The van der Waals surface area contributed by atoms with E-state index in [4.69, 9.17) is 11.6 Å². The quantitative estimate of drug-likeness (QED) is 0.797. The van der Waals surface area contributed by atoms with Gasteiger partial charge in [0.15, 0.2) is 5.78 Å². The number of nitrogens with zero attached hydrogens (tertiary/aromatic N) is 2. The normalized spacial score (nSPS) is 10.6. The van der Waals surface area contributed by atoms with Crippen molar-refractivity contribution in [2.75, 3.05) is 0 Å². The van der Waals surface area contributed by atoms with Gasteiger partial charge in [-0.3, -0.25) is 9.48 Å². The summed E-state index contributed by atoms with van der Waals surface area (Å²) in [5.41, 5.74) is 0.833. The van der Waals surface area contributed by atoms with Gasteiger partial charge in [-0.1, -0.05) is 11.6 Å². The Morgan fingerprint density at radius 2 is 2.28 bits per heavy atom. The molecule has 18 heavy (non-hydrogen) atoms. The second-order valence-electron chi connectivity index (χ2n) is 3.93. The summed E-state index contributed by atoms with van der Waals surface area (Å²) in [4.78, 5) is 11.9. The molecule has 0 saturated carbocycles. The van der Waals surface area contributed by atoms with E-state index < -0.39 is 5.82 Å². The summed E-state index contributed by atoms with van der Waals surface area (Å²) >= 11 is 5.64. The third kappa shape index (κ3) is 2.76. The average molecular weight is 267 g/mol. The zero-order valence-corrected chi connectivity index (χ0v) is 10.6. The van der Waals surface area contributed by atoms with Gasteiger partial charge in [-0.2, -0.15) is 5.10 Å². The third-order valence-corrected chi connectivity index (χ3v) is 2.84. The second-order valence-corrected chi connectivity index (χ2v) is 4.36. The Bertz CT molecular complexity index is 580. The molecule has 0 aliphatic rings. The molecular weight excluding hydrogens is 255 g/mol. The van der Waals surface area contributed by atoms with Crippen molar-refractivity contribution in [1.29, 1.82) is 0 Å². The molecule has 1 aromatic carbocycles. The van der Waals surface area contributed by atoms with E-state index in [9.17, 15) is 9.18 Å². The molecule has 1 heterocycles. The largest absolute Gasteiger partial charge is 0.294 e. The van der Waals surface area contributed by atoms with Gasteiger partial charge in [-0.25, -0.2) is 4.39 Å². The predicted octanol–water partition coefficient (Wildman–Crippen LogP) is 3.12. The molecule has 0 bridgehead atoms. The highest BCUT2D eigenvalue weighted by atomic mass is 35.5. The minimum Gasteiger partial charge on any atom is -0.294 e. The van der Waals surface area contributed by atoms with Crippen LogP contribution in [0.5, 0.6) is 0 Å². The Balaban J connectivity index is 2.16. The van der Waals surface area contributed by atoms with Crippen molar-refractivity contribution in [3.8, 4) is 0 Å². The van der Waals surface area contributed by atoms with E-state index in [0.29, 0.717) is 0 Å². The van der Waals surface area contributed by atoms with Gasteiger partial charge < -0.3 is 0 Å². The van der Waals surface area contributed by atoms with Crippen LogP contribution in [-0.2, 0) is 13.0 Å². The van der Waals surface area contributed by atoms with Gasteiger partial charge in [0.1, 0.15) is 5.82 Å². The summed E-state index contributed by atoms with van der Waals surface area (Å²) in [6.07, 6.45) is 3.54. The zero-order chi connectivity index (χ0) is 13.1. The Hall–Kier alpha value is -1.68. The number of aryl methyl sites for hydroxylation is 1. The topological polar surface area (TPSA) is 34.9 Å². The first-order valence-electron chi connectivity index (χ1n) is 5.59. The number of carbonyl (C=O) groups is 1. The van der Waals surface area contributed by atoms with Crippen LogP contribution in [0.1, 0.15) is 22.8 Å². The molecule has 94 valence electrons. The summed E-state index contributed by atoms with van der Waals surface area (Å²) in [5, 5.41) is 4.35. The molecule has 0 N–H and O–H groups in total. The van der Waals surface area contributed by atoms with E-state index in [1.54, 1.807) is 17.1 Å². The van der Waals surface area contributed by atoms with E-state index in [0.717, 1.165) is 18.2 Å². The first kappa shape index (κ1) is 12.8. The monoisotopic (exact) mass is 266 g/mol. The van der Waals surface area contributed by atoms with Gasteiger partial charge in [-0.05, 0) is 30.7 Å². The second kappa shape index (κ2) is 5.31. The van der Waals surface area contributed by atoms with Crippen LogP contribution in [0, 0.1) is 5.82 Å². The van der Waals surface area contributed by atoms with E-state index >= 15 is 0 Å². The van der Waals surface area contributed by atoms with Gasteiger partial charge in [0.25, 0.3) is 0 Å². The van der Waals surface area contributed by atoms with Crippen LogP contribution in [0.15, 0.2) is 30.6 Å². The minimum absolute atomic E-state index is 0.0589. The maximum Gasteiger partial charge on any atom is 0.170 e. The fraction of sp³-hybridized carbons (Fsp3) is 0.231. The molecule has 0 radical (unpaired) electrons. The summed E-state index contributed by atoms with van der Waals surface area (Å²) < 4.78 is 15.3. The van der Waals surface area contributed by atoms with Gasteiger partial charge >= 0.3 is 0 Å². The van der Waals surface area contributed by atoms with Gasteiger partial charge in [0, 0.05) is 24.2 Å². The summed E-state index contributed by atoms with van der Waals surface area (Å²) in [7, 11) is 0. The SMILES string of the molecule is CCn1cc(CC(=O)c2ccc(Cl)cc2F)cn1. The number of benzene rings is 1. The zero-order valence-electron chi connectivity index (χ0n) is 9.86. The summed E-state index contributed by atoms with van der Waals surface area (Å²) in [6.45, 7) is 2.70. The fourth-order valence-corrected chi connectivity index (χ4v) is 1.83. The Labute approximate surface area is 109 Å². The number of aromatic nitrogens is 2. The highest BCUT2D eigenvalue weighted by Crippen LogP contribution is 2.16. The van der Waals surface area contributed by atoms with Crippen molar-refractivity contribution >= 4 is 17.4 Å². The fourth-order valence-electron chi connectivity index (χ4n) is 1.67. The van der Waals surface area contributed by atoms with Crippen molar-refractivity contribution in [2.24, 2.45) is 0 Å². The van der Waals surface area contributed by atoms with Crippen LogP contribution in [0.25, 0.3) is 0 Å². The van der Waals surface area contributed by atoms with Gasteiger partial charge in [-0.15, -0.1) is 0 Å². The van der Waals surface area contributed by atoms with Crippen molar-refractivity contribution < 1.29 is 9.18 Å². The highest BCUT2D eigenvalue weighted by Gasteiger charge is 2.13. The molecule has 0 aliphatic heterocycles. The van der Waals surface area contributed by atoms with Crippen LogP contribution in [0.4, 0.5) is 4.39 Å². The lowest BCUT2D eigenvalue weighted by Gasteiger charge is -2.01. The van der Waals surface area contributed by atoms with Gasteiger partial charge in [0.05, 0.1) is 11.8 Å². The molecule has 2 rings (SSSR count). The Morgan fingerprint density at radius 1 is 1.50 bits per heavy atom. The van der Waals surface area contributed by atoms with Crippen LogP contribution in [-0.4, -0.2) is 15.6 Å². The lowest BCUT2D eigenvalue weighted by atomic mass is 10.1. The van der Waals surface area contributed by atoms with E-state index in [1.807, 2.05) is 6.92 Å². The number of rotatable bonds is 4. The third-order valence-electron chi connectivity index (χ3n) is 2.61. The van der Waals surface area contributed by atoms with Crippen LogP contribution in [0.2, 0.25) is 5.02 Å². The maximum absolute atomic E-state index is 13.5. The molecule has 0 unspecified atom stereocenters. The highest BCUT2D eigenvalue weighted by molar-refractivity contribution is 6.30. The number of halogens is 2. The molecule has 1 aromatic heterocycles.